The Kier molecular flexibility index (Phi) is 8.59. The van der Waals surface area contributed by atoms with Gasteiger partial charge < -0.3 is 24.8 Å². The number of thiazole rings is 1. The second kappa shape index (κ2) is 12.5. The van der Waals surface area contributed by atoms with E-state index in [0.29, 0.717) is 30.0 Å². The zero-order chi connectivity index (χ0) is 28.2. The minimum absolute atomic E-state index is 0.133. The second-order valence-corrected chi connectivity index (χ2v) is 13.0. The van der Waals surface area contributed by atoms with Crippen molar-refractivity contribution in [1.29, 1.82) is 0 Å². The summed E-state index contributed by atoms with van der Waals surface area (Å²) in [6, 6.07) is 10.1. The van der Waals surface area contributed by atoms with Crippen molar-refractivity contribution in [2.75, 3.05) is 32.5 Å². The van der Waals surface area contributed by atoms with E-state index in [4.69, 9.17) is 24.9 Å². The van der Waals surface area contributed by atoms with Crippen molar-refractivity contribution in [3.8, 4) is 28.0 Å². The normalized spacial score (nSPS) is 25.2. The number of nitrogens with two attached hydrogens (primary N) is 1. The topological polar surface area (TPSA) is 82.7 Å². The quantitative estimate of drug-likeness (QED) is 0.336. The lowest BCUT2D eigenvalue weighted by atomic mass is 9.72. The number of anilines is 1. The highest BCUT2D eigenvalue weighted by atomic mass is 32.1. The van der Waals surface area contributed by atoms with E-state index in [1.54, 1.807) is 11.3 Å². The standard InChI is InChI=1S/C33H40N4O3S/c1-23-18-33(19-23,40-30-8-3-4-15-38-30)12-9-24-6-5-7-25(16-24)22-39-28-17-27(20-35-31(28)34)29-21-36-32(41-29)26-10-13-37(2)14-11-26/h5-7,16-17,20-21,23,26,30H,3-4,8,10-11,13-15,18-19,22H2,1-2H3,(H2,34,35). The maximum absolute atomic E-state index is 6.40. The number of likely N-dealkylation sites (tertiary alicyclic amines) is 1. The molecule has 2 N–H and O–H groups in total. The van der Waals surface area contributed by atoms with Crippen molar-refractivity contribution in [3.63, 3.8) is 0 Å². The van der Waals surface area contributed by atoms with Gasteiger partial charge in [-0.25, -0.2) is 9.97 Å². The van der Waals surface area contributed by atoms with Crippen molar-refractivity contribution in [2.45, 2.75) is 76.3 Å². The van der Waals surface area contributed by atoms with Crippen LogP contribution in [-0.4, -0.2) is 53.5 Å². The zero-order valence-corrected chi connectivity index (χ0v) is 24.9. The van der Waals surface area contributed by atoms with Crippen LogP contribution >= 0.6 is 11.3 Å². The first-order valence-corrected chi connectivity index (χ1v) is 15.7. The van der Waals surface area contributed by atoms with Gasteiger partial charge in [-0.15, -0.1) is 11.3 Å². The Labute approximate surface area is 247 Å². The summed E-state index contributed by atoms with van der Waals surface area (Å²) >= 11 is 1.75. The van der Waals surface area contributed by atoms with Crippen LogP contribution in [0.15, 0.2) is 42.7 Å². The fourth-order valence-corrected chi connectivity index (χ4v) is 7.07. The number of aromatic nitrogens is 2. The second-order valence-electron chi connectivity index (χ2n) is 11.9. The van der Waals surface area contributed by atoms with Crippen LogP contribution in [0.2, 0.25) is 0 Å². The molecule has 7 nitrogen and oxygen atoms in total. The maximum Gasteiger partial charge on any atom is 0.166 e. The number of benzene rings is 1. The molecule has 2 saturated heterocycles. The van der Waals surface area contributed by atoms with Gasteiger partial charge in [0.25, 0.3) is 0 Å². The number of rotatable bonds is 7. The van der Waals surface area contributed by atoms with Crippen LogP contribution in [0.3, 0.4) is 0 Å². The molecule has 0 radical (unpaired) electrons. The van der Waals surface area contributed by atoms with Crippen molar-refractivity contribution in [2.24, 2.45) is 5.92 Å². The molecule has 1 aliphatic carbocycles. The summed E-state index contributed by atoms with van der Waals surface area (Å²) < 4.78 is 18.4. The van der Waals surface area contributed by atoms with E-state index in [9.17, 15) is 0 Å². The van der Waals surface area contributed by atoms with E-state index in [2.05, 4.69) is 41.8 Å². The first-order chi connectivity index (χ1) is 19.9. The largest absolute Gasteiger partial charge is 0.485 e. The number of pyridine rings is 1. The molecule has 0 amide bonds. The van der Waals surface area contributed by atoms with Crippen LogP contribution in [-0.2, 0) is 16.1 Å². The summed E-state index contributed by atoms with van der Waals surface area (Å²) in [4.78, 5) is 12.6. The van der Waals surface area contributed by atoms with Gasteiger partial charge >= 0.3 is 0 Å². The lowest BCUT2D eigenvalue weighted by Crippen LogP contribution is -2.47. The number of piperidine rings is 1. The molecule has 0 spiro atoms. The molecule has 216 valence electrons. The van der Waals surface area contributed by atoms with Gasteiger partial charge in [0, 0.05) is 36.0 Å². The molecule has 3 aromatic rings. The van der Waals surface area contributed by atoms with Crippen LogP contribution in [0.1, 0.15) is 73.9 Å². The van der Waals surface area contributed by atoms with Crippen molar-refractivity contribution in [1.82, 2.24) is 14.9 Å². The van der Waals surface area contributed by atoms with E-state index < -0.39 is 5.60 Å². The van der Waals surface area contributed by atoms with Gasteiger partial charge in [-0.2, -0.15) is 0 Å². The SMILES string of the molecule is CC1CC(C#Cc2cccc(COc3cc(-c4cnc(C5CCN(C)CC5)s4)cnc3N)c2)(OC2CCCCO2)C1. The molecule has 1 saturated carbocycles. The van der Waals surface area contributed by atoms with Crippen molar-refractivity contribution >= 4 is 17.2 Å². The number of nitrogens with zero attached hydrogens (tertiary/aromatic N) is 3. The van der Waals surface area contributed by atoms with Crippen molar-refractivity contribution in [3.05, 3.63) is 58.9 Å². The van der Waals surface area contributed by atoms with Crippen LogP contribution in [0.25, 0.3) is 10.4 Å². The Balaban J connectivity index is 1.11. The van der Waals surface area contributed by atoms with Crippen LogP contribution < -0.4 is 10.5 Å². The van der Waals surface area contributed by atoms with Gasteiger partial charge in [0.15, 0.2) is 17.9 Å². The Morgan fingerprint density at radius 2 is 1.98 bits per heavy atom. The number of ether oxygens (including phenoxy) is 3. The molecule has 4 heterocycles. The minimum atomic E-state index is -0.404. The molecule has 2 aromatic heterocycles. The molecule has 3 aliphatic rings. The van der Waals surface area contributed by atoms with Gasteiger partial charge in [-0.1, -0.05) is 30.9 Å². The summed E-state index contributed by atoms with van der Waals surface area (Å²) in [6.45, 7) is 5.65. The summed E-state index contributed by atoms with van der Waals surface area (Å²) in [5, 5.41) is 1.21. The Morgan fingerprint density at radius 3 is 2.76 bits per heavy atom. The van der Waals surface area contributed by atoms with Crippen LogP contribution in [0.4, 0.5) is 5.82 Å². The average molecular weight is 573 g/mol. The maximum atomic E-state index is 6.40. The highest BCUT2D eigenvalue weighted by Gasteiger charge is 2.44. The molecular formula is C33H40N4O3S. The number of hydrogen-bond acceptors (Lipinski definition) is 8. The number of hydrogen-bond donors (Lipinski definition) is 1. The lowest BCUT2D eigenvalue weighted by Gasteiger charge is -2.44. The third-order valence-corrected chi connectivity index (χ3v) is 9.57. The lowest BCUT2D eigenvalue weighted by molar-refractivity contribution is -0.234. The van der Waals surface area contributed by atoms with E-state index in [-0.39, 0.29) is 6.29 Å². The Morgan fingerprint density at radius 1 is 1.12 bits per heavy atom. The summed E-state index contributed by atoms with van der Waals surface area (Å²) in [6.07, 6.45) is 11.1. The van der Waals surface area contributed by atoms with E-state index in [1.165, 1.54) is 5.01 Å². The molecule has 1 aromatic carbocycles. The third kappa shape index (κ3) is 6.92. The molecule has 0 bridgehead atoms. The molecule has 8 heteroatoms. The monoisotopic (exact) mass is 572 g/mol. The molecule has 6 rings (SSSR count). The van der Waals surface area contributed by atoms with Gasteiger partial charge in [0.2, 0.25) is 0 Å². The smallest absolute Gasteiger partial charge is 0.166 e. The molecule has 1 unspecified atom stereocenters. The van der Waals surface area contributed by atoms with Crippen LogP contribution in [0.5, 0.6) is 5.75 Å². The van der Waals surface area contributed by atoms with E-state index >= 15 is 0 Å². The molecule has 41 heavy (non-hydrogen) atoms. The van der Waals surface area contributed by atoms with Crippen molar-refractivity contribution < 1.29 is 14.2 Å². The van der Waals surface area contributed by atoms with E-state index in [1.807, 2.05) is 36.7 Å². The molecule has 3 fully saturated rings. The first-order valence-electron chi connectivity index (χ1n) is 14.9. The van der Waals surface area contributed by atoms with E-state index in [0.717, 1.165) is 86.2 Å². The predicted octanol–water partition coefficient (Wildman–Crippen LogP) is 6.24. The Hall–Kier alpha value is -2.96. The first kappa shape index (κ1) is 28.2. The highest BCUT2D eigenvalue weighted by molar-refractivity contribution is 7.15. The highest BCUT2D eigenvalue weighted by Crippen LogP contribution is 2.42. The summed E-state index contributed by atoms with van der Waals surface area (Å²) in [7, 11) is 2.18. The molecular weight excluding hydrogens is 532 g/mol. The molecule has 2 aliphatic heterocycles. The van der Waals surface area contributed by atoms with Crippen LogP contribution in [0, 0.1) is 17.8 Å². The van der Waals surface area contributed by atoms with Gasteiger partial charge in [0.05, 0.1) is 9.88 Å². The third-order valence-electron chi connectivity index (χ3n) is 8.36. The van der Waals surface area contributed by atoms with Gasteiger partial charge in [0.1, 0.15) is 12.2 Å². The Bertz CT molecular complexity index is 1390. The fourth-order valence-electron chi connectivity index (χ4n) is 6.01. The summed E-state index contributed by atoms with van der Waals surface area (Å²) in [5.41, 5.74) is 8.75. The predicted molar refractivity (Wildman–Crippen MR) is 163 cm³/mol. The number of nitrogen functional groups attached to an aromatic ring is 1. The zero-order valence-electron chi connectivity index (χ0n) is 24.1. The fraction of sp³-hybridized carbons (Fsp3) is 0.515. The minimum Gasteiger partial charge on any atom is -0.485 e. The van der Waals surface area contributed by atoms with Gasteiger partial charge in [-0.3, -0.25) is 0 Å². The summed E-state index contributed by atoms with van der Waals surface area (Å²) in [5.74, 6) is 8.95. The van der Waals surface area contributed by atoms with Gasteiger partial charge in [-0.05, 0) is 94.8 Å². The molecule has 1 atom stereocenters. The average Bonchev–Trinajstić information content (AvgIpc) is 3.46.